The maximum Gasteiger partial charge on any atom is 0.339 e. The molecule has 0 unspecified atom stereocenters. The van der Waals surface area contributed by atoms with E-state index in [9.17, 15) is 9.18 Å². The Bertz CT molecular complexity index is 661. The zero-order valence-corrected chi connectivity index (χ0v) is 12.8. The first-order chi connectivity index (χ1) is 9.79. The van der Waals surface area contributed by atoms with E-state index >= 15 is 0 Å². The van der Waals surface area contributed by atoms with Crippen LogP contribution in [0.1, 0.15) is 41.8 Å². The van der Waals surface area contributed by atoms with E-state index in [1.165, 1.54) is 29.5 Å². The summed E-state index contributed by atoms with van der Waals surface area (Å²) < 4.78 is 19.0. The van der Waals surface area contributed by atoms with Gasteiger partial charge < -0.3 is 9.84 Å². The van der Waals surface area contributed by atoms with E-state index in [-0.39, 0.29) is 23.3 Å². The lowest BCUT2D eigenvalue weighted by molar-refractivity contribution is 0.0690. The molecule has 0 aliphatic heterocycles. The Labute approximate surface area is 126 Å². The molecular weight excluding hydrogens is 293 g/mol. The van der Waals surface area contributed by atoms with Crippen molar-refractivity contribution in [3.8, 4) is 5.75 Å². The number of ether oxygens (including phenoxy) is 1. The summed E-state index contributed by atoms with van der Waals surface area (Å²) in [7, 11) is 0. The van der Waals surface area contributed by atoms with E-state index in [0.717, 1.165) is 5.69 Å². The van der Waals surface area contributed by atoms with Crippen LogP contribution in [0.25, 0.3) is 0 Å². The minimum absolute atomic E-state index is 0.0436. The number of halogens is 1. The van der Waals surface area contributed by atoms with Gasteiger partial charge in [0.2, 0.25) is 0 Å². The summed E-state index contributed by atoms with van der Waals surface area (Å²) in [5.74, 6) is -2.17. The molecule has 1 aromatic heterocycles. The molecule has 0 aliphatic carbocycles. The van der Waals surface area contributed by atoms with Gasteiger partial charge in [-0.3, -0.25) is 0 Å². The van der Waals surface area contributed by atoms with E-state index in [1.54, 1.807) is 0 Å². The van der Waals surface area contributed by atoms with Crippen LogP contribution in [-0.4, -0.2) is 16.1 Å². The summed E-state index contributed by atoms with van der Waals surface area (Å²) in [5.41, 5.74) is 0.666. The Morgan fingerprint density at radius 2 is 2.14 bits per heavy atom. The van der Waals surface area contributed by atoms with Crippen LogP contribution in [0.3, 0.4) is 0 Å². The number of thiazole rings is 1. The second kappa shape index (κ2) is 5.81. The fourth-order valence-corrected chi connectivity index (χ4v) is 2.61. The van der Waals surface area contributed by atoms with Crippen LogP contribution in [0.15, 0.2) is 23.6 Å². The van der Waals surface area contributed by atoms with Crippen LogP contribution >= 0.6 is 11.3 Å². The van der Waals surface area contributed by atoms with Gasteiger partial charge in [-0.25, -0.2) is 14.2 Å². The quantitative estimate of drug-likeness (QED) is 0.931. The highest BCUT2D eigenvalue weighted by molar-refractivity contribution is 7.09. The van der Waals surface area contributed by atoms with Crippen molar-refractivity contribution in [1.29, 1.82) is 0 Å². The number of rotatable bonds is 4. The molecule has 0 fully saturated rings. The maximum absolute atomic E-state index is 13.7. The van der Waals surface area contributed by atoms with E-state index in [2.05, 4.69) is 4.98 Å². The molecule has 1 N–H and O–H groups in total. The highest BCUT2D eigenvalue weighted by Crippen LogP contribution is 2.27. The normalized spacial score (nSPS) is 11.4. The van der Waals surface area contributed by atoms with Crippen molar-refractivity contribution in [3.63, 3.8) is 0 Å². The zero-order valence-electron chi connectivity index (χ0n) is 12.0. The van der Waals surface area contributed by atoms with Crippen molar-refractivity contribution in [2.75, 3.05) is 0 Å². The molecule has 0 radical (unpaired) electrons. The first kappa shape index (κ1) is 15.4. The van der Waals surface area contributed by atoms with Gasteiger partial charge in [0.1, 0.15) is 17.2 Å². The molecule has 4 nitrogen and oxygen atoms in total. The topological polar surface area (TPSA) is 59.4 Å². The number of hydrogen-bond acceptors (Lipinski definition) is 4. The lowest BCUT2D eigenvalue weighted by atomic mass is 9.93. The number of nitrogens with zero attached hydrogens (tertiary/aromatic N) is 1. The van der Waals surface area contributed by atoms with Crippen molar-refractivity contribution in [1.82, 2.24) is 4.98 Å². The Hall–Kier alpha value is -1.95. The molecule has 112 valence electrons. The largest absolute Gasteiger partial charge is 0.482 e. The number of carboxylic acid groups (broad SMARTS) is 1. The number of benzene rings is 1. The van der Waals surface area contributed by atoms with Crippen LogP contribution in [0, 0.1) is 5.82 Å². The van der Waals surface area contributed by atoms with E-state index < -0.39 is 11.8 Å². The number of carboxylic acids is 1. The number of carbonyl (C=O) groups is 1. The Morgan fingerprint density at radius 1 is 1.43 bits per heavy atom. The van der Waals surface area contributed by atoms with E-state index in [4.69, 9.17) is 9.84 Å². The number of aromatic carboxylic acids is 1. The third kappa shape index (κ3) is 3.58. The summed E-state index contributed by atoms with van der Waals surface area (Å²) >= 11 is 1.41. The number of para-hydroxylation sites is 1. The van der Waals surface area contributed by atoms with Gasteiger partial charge in [-0.2, -0.15) is 0 Å². The van der Waals surface area contributed by atoms with Crippen LogP contribution in [0.5, 0.6) is 5.75 Å². The zero-order chi connectivity index (χ0) is 15.6. The van der Waals surface area contributed by atoms with Gasteiger partial charge in [-0.1, -0.05) is 26.8 Å². The van der Waals surface area contributed by atoms with Crippen LogP contribution in [-0.2, 0) is 12.0 Å². The van der Waals surface area contributed by atoms with E-state index in [1.807, 2.05) is 26.2 Å². The van der Waals surface area contributed by atoms with Crippen LogP contribution < -0.4 is 4.74 Å². The highest BCUT2D eigenvalue weighted by atomic mass is 32.1. The minimum Gasteiger partial charge on any atom is -0.482 e. The van der Waals surface area contributed by atoms with Gasteiger partial charge in [0.05, 0.1) is 5.69 Å². The molecule has 1 heterocycles. The van der Waals surface area contributed by atoms with Gasteiger partial charge >= 0.3 is 5.97 Å². The fraction of sp³-hybridized carbons (Fsp3) is 0.333. The summed E-state index contributed by atoms with van der Waals surface area (Å²) in [4.78, 5) is 15.5. The third-order valence-corrected chi connectivity index (χ3v) is 3.68. The average Bonchev–Trinajstić information content (AvgIpc) is 2.85. The molecule has 2 aromatic rings. The summed E-state index contributed by atoms with van der Waals surface area (Å²) in [6.07, 6.45) is 0. The molecule has 1 aromatic carbocycles. The van der Waals surface area contributed by atoms with Gasteiger partial charge in [-0.15, -0.1) is 11.3 Å². The van der Waals surface area contributed by atoms with Gasteiger partial charge in [0.25, 0.3) is 0 Å². The van der Waals surface area contributed by atoms with Crippen molar-refractivity contribution in [2.24, 2.45) is 0 Å². The standard InChI is InChI=1S/C15H16FNO3S/c1-15(2,3)11-8-21-12(17-11)7-20-13-9(14(18)19)5-4-6-10(13)16/h4-6,8H,7H2,1-3H3,(H,18,19). The first-order valence-corrected chi connectivity index (χ1v) is 7.26. The molecule has 2 rings (SSSR count). The minimum atomic E-state index is -1.22. The molecule has 0 saturated carbocycles. The van der Waals surface area contributed by atoms with Crippen molar-refractivity contribution >= 4 is 17.3 Å². The molecular formula is C15H16FNO3S. The monoisotopic (exact) mass is 309 g/mol. The van der Waals surface area contributed by atoms with Crippen molar-refractivity contribution < 1.29 is 19.0 Å². The Morgan fingerprint density at radius 3 is 2.71 bits per heavy atom. The average molecular weight is 309 g/mol. The molecule has 0 spiro atoms. The molecule has 0 aliphatic rings. The summed E-state index contributed by atoms with van der Waals surface area (Å²) in [6, 6.07) is 3.82. The molecule has 21 heavy (non-hydrogen) atoms. The first-order valence-electron chi connectivity index (χ1n) is 6.38. The fourth-order valence-electron chi connectivity index (χ4n) is 1.68. The summed E-state index contributed by atoms with van der Waals surface area (Å²) in [6.45, 7) is 6.19. The molecule has 6 heteroatoms. The van der Waals surface area contributed by atoms with Crippen LogP contribution in [0.4, 0.5) is 4.39 Å². The van der Waals surface area contributed by atoms with Crippen molar-refractivity contribution in [2.45, 2.75) is 32.8 Å². The lowest BCUT2D eigenvalue weighted by Gasteiger charge is -2.14. The highest BCUT2D eigenvalue weighted by Gasteiger charge is 2.19. The predicted octanol–water partition coefficient (Wildman–Crippen LogP) is 3.86. The SMILES string of the molecule is CC(C)(C)c1csc(COc2c(F)cccc2C(=O)O)n1. The predicted molar refractivity (Wildman–Crippen MR) is 78.5 cm³/mol. The molecule has 0 bridgehead atoms. The summed E-state index contributed by atoms with van der Waals surface area (Å²) in [5, 5.41) is 11.6. The smallest absolute Gasteiger partial charge is 0.339 e. The van der Waals surface area contributed by atoms with Gasteiger partial charge in [0.15, 0.2) is 11.6 Å². The van der Waals surface area contributed by atoms with Gasteiger partial charge in [0, 0.05) is 10.8 Å². The molecule has 0 atom stereocenters. The van der Waals surface area contributed by atoms with Crippen molar-refractivity contribution in [3.05, 3.63) is 45.7 Å². The second-order valence-corrected chi connectivity index (χ2v) is 6.53. The second-order valence-electron chi connectivity index (χ2n) is 5.59. The van der Waals surface area contributed by atoms with Crippen LogP contribution in [0.2, 0.25) is 0 Å². The molecule has 0 saturated heterocycles. The van der Waals surface area contributed by atoms with Gasteiger partial charge in [-0.05, 0) is 12.1 Å². The Balaban J connectivity index is 2.17. The third-order valence-electron chi connectivity index (χ3n) is 2.86. The van der Waals surface area contributed by atoms with E-state index in [0.29, 0.717) is 5.01 Å². The lowest BCUT2D eigenvalue weighted by Crippen LogP contribution is -2.12. The number of aromatic nitrogens is 1. The molecule has 0 amide bonds. The Kier molecular flexibility index (Phi) is 4.27. The number of hydrogen-bond donors (Lipinski definition) is 1. The maximum atomic E-state index is 13.7.